The van der Waals surface area contributed by atoms with Gasteiger partial charge in [-0.15, -0.1) is 0 Å². The molecule has 0 spiro atoms. The maximum absolute atomic E-state index is 11.0. The zero-order chi connectivity index (χ0) is 12.9. The summed E-state index contributed by atoms with van der Waals surface area (Å²) < 4.78 is 22.0. The number of nitrogens with zero attached hydrogens (tertiary/aromatic N) is 2. The number of rotatable bonds is 6. The molecular weight excluding hydrogens is 240 g/mol. The highest BCUT2D eigenvalue weighted by molar-refractivity contribution is 7.90. The first kappa shape index (κ1) is 13.7. The third-order valence-corrected chi connectivity index (χ3v) is 3.19. The molecule has 0 atom stereocenters. The number of aromatic nitrogens is 2. The number of nitrogens with two attached hydrogens (primary N) is 1. The number of hydrogen-bond donors (Lipinski definition) is 2. The summed E-state index contributed by atoms with van der Waals surface area (Å²) in [6.07, 6.45) is 4.28. The Hall–Kier alpha value is -1.37. The highest BCUT2D eigenvalue weighted by Gasteiger charge is 2.09. The topological polar surface area (TPSA) is 98.0 Å². The summed E-state index contributed by atoms with van der Waals surface area (Å²) in [5.74, 6) is 1.15. The Morgan fingerprint density at radius 1 is 1.41 bits per heavy atom. The molecule has 1 rings (SSSR count). The molecule has 0 unspecified atom stereocenters. The Balaban J connectivity index is 2.73. The molecule has 0 saturated carbocycles. The molecule has 0 aliphatic heterocycles. The fourth-order valence-corrected chi connectivity index (χ4v) is 1.90. The van der Waals surface area contributed by atoms with Crippen molar-refractivity contribution < 1.29 is 8.42 Å². The molecular formula is C10H18N4O2S. The fourth-order valence-electron chi connectivity index (χ4n) is 1.43. The Morgan fingerprint density at radius 3 is 2.71 bits per heavy atom. The van der Waals surface area contributed by atoms with Crippen LogP contribution in [0.5, 0.6) is 0 Å². The highest BCUT2D eigenvalue weighted by Crippen LogP contribution is 2.18. The van der Waals surface area contributed by atoms with Gasteiger partial charge in [0.15, 0.2) is 0 Å². The molecule has 0 saturated heterocycles. The van der Waals surface area contributed by atoms with Crippen molar-refractivity contribution >= 4 is 21.5 Å². The first-order chi connectivity index (χ1) is 7.94. The molecule has 0 fully saturated rings. The minimum atomic E-state index is -2.97. The van der Waals surface area contributed by atoms with Gasteiger partial charge in [-0.1, -0.05) is 13.3 Å². The first-order valence-corrected chi connectivity index (χ1v) is 7.51. The van der Waals surface area contributed by atoms with Gasteiger partial charge < -0.3 is 11.1 Å². The van der Waals surface area contributed by atoms with E-state index in [9.17, 15) is 8.42 Å². The molecule has 3 N–H and O–H groups in total. The number of nitrogens with one attached hydrogen (secondary N) is 1. The smallest absolute Gasteiger partial charge is 0.149 e. The summed E-state index contributed by atoms with van der Waals surface area (Å²) in [7, 11) is -2.97. The van der Waals surface area contributed by atoms with Gasteiger partial charge in [-0.25, -0.2) is 18.4 Å². The van der Waals surface area contributed by atoms with Crippen molar-refractivity contribution in [2.75, 3.05) is 29.6 Å². The van der Waals surface area contributed by atoms with E-state index in [1.54, 1.807) is 0 Å². The monoisotopic (exact) mass is 258 g/mol. The van der Waals surface area contributed by atoms with Crippen LogP contribution in [0.2, 0.25) is 0 Å². The molecule has 7 heteroatoms. The Bertz CT molecular complexity index is 473. The van der Waals surface area contributed by atoms with Crippen LogP contribution in [-0.4, -0.2) is 36.9 Å². The van der Waals surface area contributed by atoms with E-state index in [0.717, 1.165) is 18.4 Å². The van der Waals surface area contributed by atoms with Gasteiger partial charge in [0, 0.05) is 18.4 Å². The lowest BCUT2D eigenvalue weighted by molar-refractivity contribution is 0.602. The molecule has 17 heavy (non-hydrogen) atoms. The van der Waals surface area contributed by atoms with Gasteiger partial charge in [-0.3, -0.25) is 0 Å². The fraction of sp³-hybridized carbons (Fsp3) is 0.600. The molecule has 1 aromatic heterocycles. The van der Waals surface area contributed by atoms with Crippen LogP contribution >= 0.6 is 0 Å². The maximum Gasteiger partial charge on any atom is 0.149 e. The van der Waals surface area contributed by atoms with E-state index in [0.29, 0.717) is 18.2 Å². The summed E-state index contributed by atoms with van der Waals surface area (Å²) in [5.41, 5.74) is 6.61. The predicted molar refractivity (Wildman–Crippen MR) is 68.6 cm³/mol. The molecule has 0 amide bonds. The quantitative estimate of drug-likeness (QED) is 0.769. The Labute approximate surface area is 102 Å². The van der Waals surface area contributed by atoms with E-state index in [1.165, 1.54) is 12.6 Å². The van der Waals surface area contributed by atoms with Gasteiger partial charge in [0.05, 0.1) is 5.75 Å². The average Bonchev–Trinajstić information content (AvgIpc) is 2.21. The largest absolute Gasteiger partial charge is 0.383 e. The van der Waals surface area contributed by atoms with Crippen LogP contribution in [0.15, 0.2) is 6.33 Å². The van der Waals surface area contributed by atoms with E-state index in [2.05, 4.69) is 15.3 Å². The summed E-state index contributed by atoms with van der Waals surface area (Å²) in [6, 6.07) is 0. The maximum atomic E-state index is 11.0. The van der Waals surface area contributed by atoms with Gasteiger partial charge in [-0.2, -0.15) is 0 Å². The first-order valence-electron chi connectivity index (χ1n) is 5.45. The molecule has 1 aromatic rings. The number of anilines is 2. The van der Waals surface area contributed by atoms with Gasteiger partial charge >= 0.3 is 0 Å². The van der Waals surface area contributed by atoms with Crippen LogP contribution in [-0.2, 0) is 16.3 Å². The van der Waals surface area contributed by atoms with Gasteiger partial charge in [-0.05, 0) is 6.42 Å². The zero-order valence-corrected chi connectivity index (χ0v) is 10.9. The van der Waals surface area contributed by atoms with Crippen molar-refractivity contribution in [2.45, 2.75) is 19.8 Å². The van der Waals surface area contributed by atoms with Crippen molar-refractivity contribution in [1.29, 1.82) is 0 Å². The van der Waals surface area contributed by atoms with Crippen LogP contribution in [0.4, 0.5) is 11.6 Å². The van der Waals surface area contributed by atoms with E-state index in [4.69, 9.17) is 5.73 Å². The Morgan fingerprint density at radius 2 is 2.12 bits per heavy atom. The lowest BCUT2D eigenvalue weighted by atomic mass is 10.1. The lowest BCUT2D eigenvalue weighted by Crippen LogP contribution is -2.16. The highest BCUT2D eigenvalue weighted by atomic mass is 32.2. The molecule has 96 valence electrons. The van der Waals surface area contributed by atoms with Crippen LogP contribution in [0, 0.1) is 0 Å². The normalized spacial score (nSPS) is 11.4. The van der Waals surface area contributed by atoms with Gasteiger partial charge in [0.25, 0.3) is 0 Å². The second-order valence-corrected chi connectivity index (χ2v) is 6.15. The van der Waals surface area contributed by atoms with Crippen molar-refractivity contribution in [3.63, 3.8) is 0 Å². The second-order valence-electron chi connectivity index (χ2n) is 3.89. The molecule has 0 aliphatic carbocycles. The van der Waals surface area contributed by atoms with E-state index in [-0.39, 0.29) is 5.75 Å². The standard InChI is InChI=1S/C10H18N4O2S/c1-3-4-8-9(11)13-7-14-10(8)12-5-6-17(2,15)16/h7H,3-6H2,1-2H3,(H3,11,12,13,14). The minimum Gasteiger partial charge on any atom is -0.383 e. The average molecular weight is 258 g/mol. The van der Waals surface area contributed by atoms with Crippen LogP contribution in [0.25, 0.3) is 0 Å². The molecule has 6 nitrogen and oxygen atoms in total. The molecule has 1 heterocycles. The molecule has 0 aromatic carbocycles. The molecule has 0 radical (unpaired) electrons. The predicted octanol–water partition coefficient (Wildman–Crippen LogP) is 0.468. The zero-order valence-electron chi connectivity index (χ0n) is 10.1. The van der Waals surface area contributed by atoms with Crippen LogP contribution in [0.3, 0.4) is 0 Å². The summed E-state index contributed by atoms with van der Waals surface area (Å²) in [6.45, 7) is 2.36. The molecule has 0 bridgehead atoms. The van der Waals surface area contributed by atoms with Gasteiger partial charge in [0.1, 0.15) is 27.8 Å². The minimum absolute atomic E-state index is 0.0719. The van der Waals surface area contributed by atoms with Crippen LogP contribution in [0.1, 0.15) is 18.9 Å². The molecule has 0 aliphatic rings. The summed E-state index contributed by atoms with van der Waals surface area (Å²) >= 11 is 0. The van der Waals surface area contributed by atoms with E-state index >= 15 is 0 Å². The third-order valence-electron chi connectivity index (χ3n) is 2.24. The number of hydrogen-bond acceptors (Lipinski definition) is 6. The van der Waals surface area contributed by atoms with Crippen molar-refractivity contribution in [1.82, 2.24) is 9.97 Å². The Kier molecular flexibility index (Phi) is 4.68. The van der Waals surface area contributed by atoms with Crippen molar-refractivity contribution in [3.05, 3.63) is 11.9 Å². The lowest BCUT2D eigenvalue weighted by Gasteiger charge is -2.11. The second kappa shape index (κ2) is 5.81. The van der Waals surface area contributed by atoms with Crippen molar-refractivity contribution in [2.24, 2.45) is 0 Å². The number of sulfone groups is 1. The number of nitrogen functional groups attached to an aromatic ring is 1. The summed E-state index contributed by atoms with van der Waals surface area (Å²) in [5, 5.41) is 2.99. The third kappa shape index (κ3) is 4.56. The SMILES string of the molecule is CCCc1c(N)ncnc1NCCS(C)(=O)=O. The van der Waals surface area contributed by atoms with Crippen molar-refractivity contribution in [3.8, 4) is 0 Å². The van der Waals surface area contributed by atoms with Crippen LogP contribution < -0.4 is 11.1 Å². The van der Waals surface area contributed by atoms with Gasteiger partial charge in [0.2, 0.25) is 0 Å². The van der Waals surface area contributed by atoms with E-state index in [1.807, 2.05) is 6.92 Å². The summed E-state index contributed by atoms with van der Waals surface area (Å²) in [4.78, 5) is 8.00. The van der Waals surface area contributed by atoms with E-state index < -0.39 is 9.84 Å².